The number of carbonyl (C=O) groups is 1. The number of aromatic nitrogens is 3. The Bertz CT molecular complexity index is 984. The molecule has 0 N–H and O–H groups in total. The molecule has 0 aliphatic heterocycles. The van der Waals surface area contributed by atoms with Gasteiger partial charge in [0, 0.05) is 12.1 Å². The van der Waals surface area contributed by atoms with Crippen molar-refractivity contribution in [1.29, 1.82) is 0 Å². The standard InChI is InChI=1S/C22H22FN3O2S/c1-4-13-26-20(14-28-19-11-9-18(23)10-12-19)24-25-22(26)29-16(3)21(27)17-7-5-15(2)6-8-17/h4-12,16H,1,13-14H2,2-3H3/t16-/m1/s1. The van der Waals surface area contributed by atoms with E-state index < -0.39 is 0 Å². The van der Waals surface area contributed by atoms with Crippen LogP contribution in [-0.2, 0) is 13.2 Å². The number of carbonyl (C=O) groups excluding carboxylic acids is 1. The maximum atomic E-state index is 13.0. The third-order valence-electron chi connectivity index (χ3n) is 4.27. The molecule has 3 aromatic rings. The van der Waals surface area contributed by atoms with Gasteiger partial charge in [0.15, 0.2) is 16.8 Å². The van der Waals surface area contributed by atoms with Crippen molar-refractivity contribution in [1.82, 2.24) is 14.8 Å². The molecule has 0 spiro atoms. The Kier molecular flexibility index (Phi) is 6.82. The zero-order valence-electron chi connectivity index (χ0n) is 16.3. The largest absolute Gasteiger partial charge is 0.486 e. The van der Waals surface area contributed by atoms with Gasteiger partial charge in [0.25, 0.3) is 0 Å². The van der Waals surface area contributed by atoms with E-state index in [9.17, 15) is 9.18 Å². The second-order valence-corrected chi connectivity index (χ2v) is 7.84. The number of rotatable bonds is 9. The van der Waals surface area contributed by atoms with Gasteiger partial charge in [-0.3, -0.25) is 9.36 Å². The third kappa shape index (κ3) is 5.32. The Balaban J connectivity index is 1.71. The number of thioether (sulfide) groups is 1. The molecule has 0 aliphatic carbocycles. The van der Waals surface area contributed by atoms with E-state index in [0.717, 1.165) is 5.56 Å². The van der Waals surface area contributed by atoms with Crippen LogP contribution in [-0.4, -0.2) is 25.8 Å². The average Bonchev–Trinajstić information content (AvgIpc) is 3.09. The second-order valence-electron chi connectivity index (χ2n) is 6.53. The van der Waals surface area contributed by atoms with E-state index in [1.54, 1.807) is 18.2 Å². The summed E-state index contributed by atoms with van der Waals surface area (Å²) in [5.41, 5.74) is 1.78. The molecular weight excluding hydrogens is 389 g/mol. The van der Waals surface area contributed by atoms with Crippen molar-refractivity contribution in [2.75, 3.05) is 0 Å². The number of nitrogens with zero attached hydrogens (tertiary/aromatic N) is 3. The molecule has 1 heterocycles. The highest BCUT2D eigenvalue weighted by atomic mass is 32.2. The maximum Gasteiger partial charge on any atom is 0.192 e. The molecule has 7 heteroatoms. The van der Waals surface area contributed by atoms with Crippen LogP contribution in [0, 0.1) is 12.7 Å². The summed E-state index contributed by atoms with van der Waals surface area (Å²) < 4.78 is 20.6. The normalized spacial score (nSPS) is 11.8. The fraction of sp³-hybridized carbons (Fsp3) is 0.227. The van der Waals surface area contributed by atoms with Gasteiger partial charge in [-0.1, -0.05) is 47.7 Å². The Hall–Kier alpha value is -2.93. The average molecular weight is 412 g/mol. The molecule has 1 atom stereocenters. The number of benzene rings is 2. The monoisotopic (exact) mass is 411 g/mol. The highest BCUT2D eigenvalue weighted by Gasteiger charge is 2.21. The van der Waals surface area contributed by atoms with Crippen molar-refractivity contribution in [2.45, 2.75) is 37.4 Å². The van der Waals surface area contributed by atoms with Crippen LogP contribution < -0.4 is 4.74 Å². The number of allylic oxidation sites excluding steroid dienone is 1. The van der Waals surface area contributed by atoms with E-state index in [0.29, 0.717) is 28.8 Å². The van der Waals surface area contributed by atoms with Crippen molar-refractivity contribution >= 4 is 17.5 Å². The van der Waals surface area contributed by atoms with E-state index in [4.69, 9.17) is 4.74 Å². The van der Waals surface area contributed by atoms with Gasteiger partial charge in [0.2, 0.25) is 0 Å². The lowest BCUT2D eigenvalue weighted by Crippen LogP contribution is -2.15. The summed E-state index contributed by atoms with van der Waals surface area (Å²) in [4.78, 5) is 12.7. The fourth-order valence-corrected chi connectivity index (χ4v) is 3.62. The highest BCUT2D eigenvalue weighted by molar-refractivity contribution is 8.00. The molecular formula is C22H22FN3O2S. The van der Waals surface area contributed by atoms with E-state index in [2.05, 4.69) is 16.8 Å². The van der Waals surface area contributed by atoms with Crippen molar-refractivity contribution in [3.05, 3.63) is 84.0 Å². The Morgan fingerprint density at radius 2 is 1.90 bits per heavy atom. The molecule has 0 saturated heterocycles. The summed E-state index contributed by atoms with van der Waals surface area (Å²) in [5.74, 6) is 0.855. The lowest BCUT2D eigenvalue weighted by atomic mass is 10.1. The summed E-state index contributed by atoms with van der Waals surface area (Å²) in [7, 11) is 0. The molecule has 2 aromatic carbocycles. The molecule has 150 valence electrons. The first kappa shape index (κ1) is 20.8. The van der Waals surface area contributed by atoms with Crippen LogP contribution >= 0.6 is 11.8 Å². The smallest absolute Gasteiger partial charge is 0.192 e. The zero-order chi connectivity index (χ0) is 20.8. The SMILES string of the molecule is C=CCn1c(COc2ccc(F)cc2)nnc1S[C@H](C)C(=O)c1ccc(C)cc1. The molecule has 0 unspecified atom stereocenters. The van der Waals surface area contributed by atoms with Gasteiger partial charge < -0.3 is 4.74 Å². The molecule has 5 nitrogen and oxygen atoms in total. The summed E-state index contributed by atoms with van der Waals surface area (Å²) in [6, 6.07) is 13.3. The minimum Gasteiger partial charge on any atom is -0.486 e. The van der Waals surface area contributed by atoms with Gasteiger partial charge in [-0.05, 0) is 38.1 Å². The quantitative estimate of drug-likeness (QED) is 0.286. The van der Waals surface area contributed by atoms with Gasteiger partial charge in [0.1, 0.15) is 18.2 Å². The Morgan fingerprint density at radius 3 is 2.55 bits per heavy atom. The summed E-state index contributed by atoms with van der Waals surface area (Å²) in [5, 5.41) is 8.72. The molecule has 1 aromatic heterocycles. The van der Waals surface area contributed by atoms with Crippen LogP contribution in [0.1, 0.15) is 28.7 Å². The second kappa shape index (κ2) is 9.52. The van der Waals surface area contributed by atoms with Crippen molar-refractivity contribution in [3.8, 4) is 5.75 Å². The zero-order valence-corrected chi connectivity index (χ0v) is 17.2. The van der Waals surface area contributed by atoms with Crippen LogP contribution in [0.4, 0.5) is 4.39 Å². The van der Waals surface area contributed by atoms with E-state index in [1.807, 2.05) is 42.7 Å². The third-order valence-corrected chi connectivity index (χ3v) is 5.35. The molecule has 3 rings (SSSR count). The van der Waals surface area contributed by atoms with Crippen molar-refractivity contribution in [3.63, 3.8) is 0 Å². The predicted molar refractivity (Wildman–Crippen MR) is 112 cm³/mol. The number of hydrogen-bond donors (Lipinski definition) is 0. The number of ether oxygens (including phenoxy) is 1. The molecule has 0 fully saturated rings. The number of aryl methyl sites for hydroxylation is 1. The molecule has 0 bridgehead atoms. The summed E-state index contributed by atoms with van der Waals surface area (Å²) in [6.07, 6.45) is 1.74. The molecule has 0 radical (unpaired) electrons. The minimum atomic E-state index is -0.323. The van der Waals surface area contributed by atoms with Crippen LogP contribution in [0.15, 0.2) is 66.3 Å². The number of Topliss-reactive ketones (excluding diaryl/α,β-unsaturated/α-hetero) is 1. The summed E-state index contributed by atoms with van der Waals surface area (Å²) >= 11 is 1.35. The maximum absolute atomic E-state index is 13.0. The van der Waals surface area contributed by atoms with Gasteiger partial charge in [-0.2, -0.15) is 0 Å². The first-order valence-electron chi connectivity index (χ1n) is 9.17. The van der Waals surface area contributed by atoms with Gasteiger partial charge >= 0.3 is 0 Å². The highest BCUT2D eigenvalue weighted by Crippen LogP contribution is 2.26. The lowest BCUT2D eigenvalue weighted by Gasteiger charge is -2.12. The van der Waals surface area contributed by atoms with Crippen LogP contribution in [0.5, 0.6) is 5.75 Å². The van der Waals surface area contributed by atoms with Gasteiger partial charge in [-0.15, -0.1) is 16.8 Å². The molecule has 29 heavy (non-hydrogen) atoms. The molecule has 0 saturated carbocycles. The number of hydrogen-bond acceptors (Lipinski definition) is 5. The van der Waals surface area contributed by atoms with Gasteiger partial charge in [-0.25, -0.2) is 4.39 Å². The number of ketones is 1. The number of halogens is 1. The Labute approximate surface area is 173 Å². The van der Waals surface area contributed by atoms with E-state index in [-0.39, 0.29) is 23.5 Å². The van der Waals surface area contributed by atoms with Crippen molar-refractivity contribution < 1.29 is 13.9 Å². The van der Waals surface area contributed by atoms with E-state index >= 15 is 0 Å². The summed E-state index contributed by atoms with van der Waals surface area (Å²) in [6.45, 7) is 8.29. The topological polar surface area (TPSA) is 57.0 Å². The fourth-order valence-electron chi connectivity index (χ4n) is 2.67. The molecule has 0 amide bonds. The van der Waals surface area contributed by atoms with Crippen LogP contribution in [0.3, 0.4) is 0 Å². The van der Waals surface area contributed by atoms with Crippen molar-refractivity contribution in [2.24, 2.45) is 0 Å². The van der Waals surface area contributed by atoms with E-state index in [1.165, 1.54) is 23.9 Å². The van der Waals surface area contributed by atoms with Gasteiger partial charge in [0.05, 0.1) is 5.25 Å². The first-order chi connectivity index (χ1) is 14.0. The molecule has 0 aliphatic rings. The minimum absolute atomic E-state index is 0.0345. The van der Waals surface area contributed by atoms with Crippen LogP contribution in [0.25, 0.3) is 0 Å². The van der Waals surface area contributed by atoms with Crippen LogP contribution in [0.2, 0.25) is 0 Å². The predicted octanol–water partition coefficient (Wildman–Crippen LogP) is 4.85. The Morgan fingerprint density at radius 1 is 1.21 bits per heavy atom. The first-order valence-corrected chi connectivity index (χ1v) is 10.0. The lowest BCUT2D eigenvalue weighted by molar-refractivity contribution is 0.0994.